The van der Waals surface area contributed by atoms with Gasteiger partial charge in [-0.25, -0.2) is 0 Å². The highest BCUT2D eigenvalue weighted by Crippen LogP contribution is 2.72. The molecule has 2 heterocycles. The van der Waals surface area contributed by atoms with Gasteiger partial charge in [-0.3, -0.25) is 0 Å². The fraction of sp³-hybridized carbons (Fsp3) is 0.619. The first-order chi connectivity index (χ1) is 22.7. The van der Waals surface area contributed by atoms with E-state index < -0.39 is 19.7 Å². The van der Waals surface area contributed by atoms with Crippen LogP contribution in [0.1, 0.15) is 98.3 Å². The van der Waals surface area contributed by atoms with Gasteiger partial charge in [-0.05, 0) is 115 Å². The van der Waals surface area contributed by atoms with E-state index >= 15 is 0 Å². The van der Waals surface area contributed by atoms with E-state index in [9.17, 15) is 5.11 Å². The number of hydrogen-bond donors (Lipinski definition) is 1. The number of hydrogen-bond acceptors (Lipinski definition) is 5. The largest absolute Gasteiger partial charge is 0.404 e. The standard InChI is InChI=1S/C42H56O4SSi/c1-38(2,3)48(29-15-10-8-11-16-29,30-17-12-9-13-18-30)46-28-20-23-40(6)31-21-24-41(7)32(22-25-42(41,43)34-19-14-26-47-34)35(31)37-36(33(40)27-28)44-39(4,5)45-37/h8-19,26,28,31-33,35-37,43H,20-25,27H2,1-7H3/t28-,31-,32-,33+,35+,36+,37+,40+,41-,42+/m0/s1. The second-order valence-corrected chi connectivity index (χ2v) is 23.2. The Morgan fingerprint density at radius 3 is 1.98 bits per heavy atom. The van der Waals surface area contributed by atoms with Crippen molar-refractivity contribution < 1.29 is 19.0 Å². The number of fused-ring (bicyclic) bond motifs is 8. The molecule has 1 aliphatic heterocycles. The number of aliphatic hydroxyl groups is 1. The zero-order valence-corrected chi connectivity index (χ0v) is 31.9. The molecule has 0 amide bonds. The Bertz CT molecular complexity index is 1560. The molecule has 3 aromatic rings. The quantitative estimate of drug-likeness (QED) is 0.274. The second-order valence-electron chi connectivity index (χ2n) is 18.0. The lowest BCUT2D eigenvalue weighted by atomic mass is 9.43. The molecule has 0 spiro atoms. The molecule has 0 bridgehead atoms. The summed E-state index contributed by atoms with van der Waals surface area (Å²) in [6.45, 7) is 16.4. The molecule has 1 N–H and O–H groups in total. The van der Waals surface area contributed by atoms with Gasteiger partial charge in [0.05, 0.1) is 12.2 Å². The zero-order valence-electron chi connectivity index (χ0n) is 30.1. The van der Waals surface area contributed by atoms with Crippen LogP contribution in [0.3, 0.4) is 0 Å². The van der Waals surface area contributed by atoms with Gasteiger partial charge >= 0.3 is 0 Å². The maximum Gasteiger partial charge on any atom is 0.261 e. The van der Waals surface area contributed by atoms with Crippen LogP contribution in [0.4, 0.5) is 0 Å². The molecule has 5 fully saturated rings. The van der Waals surface area contributed by atoms with Gasteiger partial charge in [0.2, 0.25) is 0 Å². The van der Waals surface area contributed by atoms with Crippen LogP contribution in [0, 0.1) is 34.5 Å². The van der Waals surface area contributed by atoms with E-state index in [1.807, 2.05) is 0 Å². The predicted octanol–water partition coefficient (Wildman–Crippen LogP) is 8.66. The Hall–Kier alpha value is -1.80. The number of rotatable bonds is 5. The molecule has 5 aliphatic rings. The molecule has 48 heavy (non-hydrogen) atoms. The summed E-state index contributed by atoms with van der Waals surface area (Å²) < 4.78 is 21.9. The molecule has 1 saturated heterocycles. The van der Waals surface area contributed by atoms with Crippen molar-refractivity contribution in [1.82, 2.24) is 0 Å². The van der Waals surface area contributed by atoms with Crippen LogP contribution in [0.25, 0.3) is 0 Å². The highest BCUT2D eigenvalue weighted by Gasteiger charge is 2.71. The van der Waals surface area contributed by atoms with Crippen LogP contribution in [0.2, 0.25) is 5.04 Å². The van der Waals surface area contributed by atoms with Crippen molar-refractivity contribution >= 4 is 30.0 Å². The first-order valence-corrected chi connectivity index (χ1v) is 21.4. The highest BCUT2D eigenvalue weighted by molar-refractivity contribution is 7.10. The third kappa shape index (κ3) is 4.72. The molecule has 258 valence electrons. The lowest BCUT2D eigenvalue weighted by Gasteiger charge is -2.64. The summed E-state index contributed by atoms with van der Waals surface area (Å²) >= 11 is 1.73. The van der Waals surface area contributed by atoms with E-state index in [2.05, 4.69) is 127 Å². The molecular weight excluding hydrogens is 629 g/mol. The molecule has 4 aliphatic carbocycles. The van der Waals surface area contributed by atoms with Crippen molar-refractivity contribution in [2.75, 3.05) is 0 Å². The second kappa shape index (κ2) is 11.3. The third-order valence-electron chi connectivity index (χ3n) is 14.3. The first kappa shape index (κ1) is 33.3. The van der Waals surface area contributed by atoms with Crippen molar-refractivity contribution in [3.63, 3.8) is 0 Å². The van der Waals surface area contributed by atoms with E-state index in [0.29, 0.717) is 23.7 Å². The lowest BCUT2D eigenvalue weighted by Crippen LogP contribution is -2.69. The molecule has 0 radical (unpaired) electrons. The summed E-state index contributed by atoms with van der Waals surface area (Å²) in [4.78, 5) is 1.15. The van der Waals surface area contributed by atoms with Gasteiger partial charge in [0, 0.05) is 16.4 Å². The Labute approximate surface area is 293 Å². The summed E-state index contributed by atoms with van der Waals surface area (Å²) in [6.07, 6.45) is 7.57. The van der Waals surface area contributed by atoms with Crippen LogP contribution >= 0.6 is 11.3 Å². The molecular formula is C42H56O4SSi. The minimum absolute atomic E-state index is 0.0367. The van der Waals surface area contributed by atoms with Crippen LogP contribution in [-0.4, -0.2) is 37.5 Å². The van der Waals surface area contributed by atoms with E-state index in [-0.39, 0.29) is 34.2 Å². The minimum Gasteiger partial charge on any atom is -0.404 e. The Kier molecular flexibility index (Phi) is 7.88. The third-order valence-corrected chi connectivity index (χ3v) is 20.4. The summed E-state index contributed by atoms with van der Waals surface area (Å²) in [7, 11) is -2.68. The highest BCUT2D eigenvalue weighted by atomic mass is 32.1. The van der Waals surface area contributed by atoms with Crippen LogP contribution in [0.5, 0.6) is 0 Å². The van der Waals surface area contributed by atoms with E-state index in [0.717, 1.165) is 49.8 Å². The molecule has 8 rings (SSSR count). The van der Waals surface area contributed by atoms with Gasteiger partial charge in [-0.1, -0.05) is 101 Å². The van der Waals surface area contributed by atoms with Gasteiger partial charge in [0.25, 0.3) is 8.32 Å². The Morgan fingerprint density at radius 1 is 0.750 bits per heavy atom. The summed E-state index contributed by atoms with van der Waals surface area (Å²) in [6, 6.07) is 26.5. The van der Waals surface area contributed by atoms with Crippen molar-refractivity contribution in [1.29, 1.82) is 0 Å². The summed E-state index contributed by atoms with van der Waals surface area (Å²) in [5.74, 6) is 1.10. The fourth-order valence-electron chi connectivity index (χ4n) is 12.1. The van der Waals surface area contributed by atoms with Crippen LogP contribution < -0.4 is 10.4 Å². The van der Waals surface area contributed by atoms with Gasteiger partial charge < -0.3 is 19.0 Å². The minimum atomic E-state index is -2.68. The Morgan fingerprint density at radius 2 is 1.38 bits per heavy atom. The van der Waals surface area contributed by atoms with Gasteiger partial charge in [0.15, 0.2) is 5.79 Å². The fourth-order valence-corrected chi connectivity index (χ4v) is 17.9. The first-order valence-electron chi connectivity index (χ1n) is 18.6. The molecule has 4 nitrogen and oxygen atoms in total. The average molecular weight is 685 g/mol. The molecule has 4 saturated carbocycles. The monoisotopic (exact) mass is 684 g/mol. The van der Waals surface area contributed by atoms with Crippen molar-refractivity contribution in [2.45, 2.75) is 128 Å². The molecule has 2 aromatic carbocycles. The SMILES string of the molecule is CC1(C)O[C@H]2[C@H](O1)[C@H]1C[C@@H](O[Si](c3ccccc3)(c3ccccc3)C(C)(C)C)CC[C@]1(C)[C@H]1CC[C@@]3(C)[C@@H](CC[C@@]3(O)c3cccs3)[C@H]21. The zero-order chi connectivity index (χ0) is 33.7. The van der Waals surface area contributed by atoms with Crippen LogP contribution in [-0.2, 0) is 19.5 Å². The molecule has 0 unspecified atom stereocenters. The van der Waals surface area contributed by atoms with Crippen molar-refractivity contribution in [2.24, 2.45) is 34.5 Å². The Balaban J connectivity index is 1.16. The van der Waals surface area contributed by atoms with Gasteiger partial charge in [-0.15, -0.1) is 11.3 Å². The lowest BCUT2D eigenvalue weighted by molar-refractivity contribution is -0.204. The average Bonchev–Trinajstić information content (AvgIpc) is 3.77. The van der Waals surface area contributed by atoms with Crippen LogP contribution in [0.15, 0.2) is 78.2 Å². The number of ether oxygens (including phenoxy) is 2. The van der Waals surface area contributed by atoms with E-state index in [1.54, 1.807) is 11.3 Å². The molecule has 1 aromatic heterocycles. The summed E-state index contributed by atoms with van der Waals surface area (Å²) in [5.41, 5.74) is -0.779. The molecule has 6 heteroatoms. The summed E-state index contributed by atoms with van der Waals surface area (Å²) in [5, 5.41) is 17.2. The normalized spacial score (nSPS) is 40.5. The number of thiophene rings is 1. The topological polar surface area (TPSA) is 47.9 Å². The number of benzene rings is 2. The molecule has 10 atom stereocenters. The van der Waals surface area contributed by atoms with E-state index in [1.165, 1.54) is 10.4 Å². The maximum atomic E-state index is 12.5. The maximum absolute atomic E-state index is 12.5. The van der Waals surface area contributed by atoms with Gasteiger partial charge in [0.1, 0.15) is 5.60 Å². The van der Waals surface area contributed by atoms with Crippen molar-refractivity contribution in [3.05, 3.63) is 83.1 Å². The van der Waals surface area contributed by atoms with E-state index in [4.69, 9.17) is 13.9 Å². The predicted molar refractivity (Wildman–Crippen MR) is 197 cm³/mol. The van der Waals surface area contributed by atoms with Gasteiger partial charge in [-0.2, -0.15) is 0 Å². The van der Waals surface area contributed by atoms with Crippen molar-refractivity contribution in [3.8, 4) is 0 Å². The smallest absolute Gasteiger partial charge is 0.261 e.